The Morgan fingerprint density at radius 2 is 1.28 bits per heavy atom. The van der Waals surface area contributed by atoms with Gasteiger partial charge in [0, 0.05) is 0 Å². The van der Waals surface area contributed by atoms with Gasteiger partial charge in [0.25, 0.3) is 0 Å². The fourth-order valence-electron chi connectivity index (χ4n) is 2.20. The highest BCUT2D eigenvalue weighted by atomic mass is 16.1. The predicted octanol–water partition coefficient (Wildman–Crippen LogP) is 5.69. The van der Waals surface area contributed by atoms with E-state index in [1.807, 2.05) is 6.08 Å². The molecule has 0 aliphatic carbocycles. The maximum atomic E-state index is 10.0. The van der Waals surface area contributed by atoms with Crippen LogP contribution in [0.25, 0.3) is 0 Å². The molecular formula is C17H32O. The summed E-state index contributed by atoms with van der Waals surface area (Å²) in [5.74, 6) is 0.873. The Morgan fingerprint density at radius 3 is 1.78 bits per heavy atom. The zero-order chi connectivity index (χ0) is 13.5. The molecule has 0 aliphatic heterocycles. The lowest BCUT2D eigenvalue weighted by molar-refractivity contribution is -0.104. The standard InChI is InChI=1S/C17H32O/c1-17(2)15-13-11-9-7-5-3-4-6-8-10-12-14-16-18/h12,14,16-17H,3-11,13,15H2,1-2H3. The molecule has 106 valence electrons. The van der Waals surface area contributed by atoms with E-state index in [4.69, 9.17) is 0 Å². The van der Waals surface area contributed by atoms with Crippen LogP contribution in [0.15, 0.2) is 12.2 Å². The van der Waals surface area contributed by atoms with E-state index in [0.717, 1.165) is 18.6 Å². The highest BCUT2D eigenvalue weighted by Gasteiger charge is 1.95. The van der Waals surface area contributed by atoms with E-state index in [0.29, 0.717) is 0 Å². The first-order chi connectivity index (χ1) is 8.77. The van der Waals surface area contributed by atoms with Gasteiger partial charge in [-0.3, -0.25) is 4.79 Å². The molecule has 0 saturated heterocycles. The Kier molecular flexibility index (Phi) is 14.0. The molecule has 0 N–H and O–H groups in total. The average Bonchev–Trinajstić information content (AvgIpc) is 2.34. The van der Waals surface area contributed by atoms with Crippen LogP contribution in [0, 0.1) is 5.92 Å². The van der Waals surface area contributed by atoms with Crippen LogP contribution < -0.4 is 0 Å². The second-order valence-electron chi connectivity index (χ2n) is 5.72. The van der Waals surface area contributed by atoms with Gasteiger partial charge >= 0.3 is 0 Å². The van der Waals surface area contributed by atoms with Gasteiger partial charge in [-0.1, -0.05) is 77.7 Å². The Labute approximate surface area is 114 Å². The van der Waals surface area contributed by atoms with E-state index < -0.39 is 0 Å². The van der Waals surface area contributed by atoms with E-state index in [1.54, 1.807) is 6.08 Å². The number of rotatable bonds is 13. The maximum Gasteiger partial charge on any atom is 0.142 e. The van der Waals surface area contributed by atoms with Crippen LogP contribution in [0.3, 0.4) is 0 Å². The molecule has 0 rings (SSSR count). The summed E-state index contributed by atoms with van der Waals surface area (Å²) in [5, 5.41) is 0. The topological polar surface area (TPSA) is 17.1 Å². The third kappa shape index (κ3) is 15.4. The van der Waals surface area contributed by atoms with Crippen molar-refractivity contribution in [3.8, 4) is 0 Å². The Hall–Kier alpha value is -0.590. The van der Waals surface area contributed by atoms with Gasteiger partial charge in [-0.2, -0.15) is 0 Å². The summed E-state index contributed by atoms with van der Waals surface area (Å²) >= 11 is 0. The minimum atomic E-state index is 0.860. The number of hydrogen-bond acceptors (Lipinski definition) is 1. The summed E-state index contributed by atoms with van der Waals surface area (Å²) in [7, 11) is 0. The lowest BCUT2D eigenvalue weighted by atomic mass is 10.0. The summed E-state index contributed by atoms with van der Waals surface area (Å²) < 4.78 is 0. The summed E-state index contributed by atoms with van der Waals surface area (Å²) in [6, 6.07) is 0. The number of carbonyl (C=O) groups excluding carboxylic acids is 1. The number of carbonyl (C=O) groups is 1. The molecule has 0 aromatic carbocycles. The Bertz CT molecular complexity index is 194. The molecule has 1 nitrogen and oxygen atoms in total. The van der Waals surface area contributed by atoms with Gasteiger partial charge in [0.05, 0.1) is 0 Å². The van der Waals surface area contributed by atoms with E-state index >= 15 is 0 Å². The van der Waals surface area contributed by atoms with Crippen molar-refractivity contribution >= 4 is 6.29 Å². The van der Waals surface area contributed by atoms with Crippen molar-refractivity contribution in [1.29, 1.82) is 0 Å². The average molecular weight is 252 g/mol. The third-order valence-corrected chi connectivity index (χ3v) is 3.37. The second kappa shape index (κ2) is 14.5. The quantitative estimate of drug-likeness (QED) is 0.234. The predicted molar refractivity (Wildman–Crippen MR) is 80.8 cm³/mol. The van der Waals surface area contributed by atoms with Crippen molar-refractivity contribution in [3.63, 3.8) is 0 Å². The molecule has 0 saturated carbocycles. The van der Waals surface area contributed by atoms with Gasteiger partial charge < -0.3 is 0 Å². The van der Waals surface area contributed by atoms with Crippen molar-refractivity contribution in [2.75, 3.05) is 0 Å². The number of unbranched alkanes of at least 4 members (excludes halogenated alkanes) is 9. The van der Waals surface area contributed by atoms with Crippen molar-refractivity contribution < 1.29 is 4.79 Å². The lowest BCUT2D eigenvalue weighted by Crippen LogP contribution is -1.87. The zero-order valence-electron chi connectivity index (χ0n) is 12.5. The fourth-order valence-corrected chi connectivity index (χ4v) is 2.20. The normalized spacial score (nSPS) is 11.5. The first kappa shape index (κ1) is 17.4. The minimum Gasteiger partial charge on any atom is -0.299 e. The molecule has 0 bridgehead atoms. The van der Waals surface area contributed by atoms with Crippen LogP contribution in [0.2, 0.25) is 0 Å². The van der Waals surface area contributed by atoms with Gasteiger partial charge in [-0.25, -0.2) is 0 Å². The van der Waals surface area contributed by atoms with Crippen molar-refractivity contribution in [2.24, 2.45) is 5.92 Å². The van der Waals surface area contributed by atoms with E-state index in [9.17, 15) is 4.79 Å². The summed E-state index contributed by atoms with van der Waals surface area (Å²) in [6.45, 7) is 4.62. The molecule has 0 aromatic heterocycles. The van der Waals surface area contributed by atoms with Crippen LogP contribution >= 0.6 is 0 Å². The monoisotopic (exact) mass is 252 g/mol. The molecule has 0 atom stereocenters. The molecule has 0 amide bonds. The number of hydrogen-bond donors (Lipinski definition) is 0. The lowest BCUT2D eigenvalue weighted by Gasteiger charge is -2.04. The third-order valence-electron chi connectivity index (χ3n) is 3.37. The zero-order valence-corrected chi connectivity index (χ0v) is 12.5. The molecule has 0 radical (unpaired) electrons. The molecule has 0 fully saturated rings. The van der Waals surface area contributed by atoms with Crippen LogP contribution in [0.1, 0.15) is 84.5 Å². The van der Waals surface area contributed by atoms with E-state index in [1.165, 1.54) is 64.2 Å². The smallest absolute Gasteiger partial charge is 0.142 e. The molecular weight excluding hydrogens is 220 g/mol. The Morgan fingerprint density at radius 1 is 0.778 bits per heavy atom. The maximum absolute atomic E-state index is 10.0. The van der Waals surface area contributed by atoms with Gasteiger partial charge in [0.1, 0.15) is 6.29 Å². The molecule has 0 spiro atoms. The first-order valence-corrected chi connectivity index (χ1v) is 7.87. The molecule has 1 heteroatoms. The summed E-state index contributed by atoms with van der Waals surface area (Å²) in [6.07, 6.45) is 19.3. The van der Waals surface area contributed by atoms with E-state index in [2.05, 4.69) is 13.8 Å². The minimum absolute atomic E-state index is 0.860. The largest absolute Gasteiger partial charge is 0.299 e. The number of aldehydes is 1. The summed E-state index contributed by atoms with van der Waals surface area (Å²) in [4.78, 5) is 10.0. The molecule has 0 heterocycles. The van der Waals surface area contributed by atoms with Gasteiger partial charge in [0.15, 0.2) is 0 Å². The first-order valence-electron chi connectivity index (χ1n) is 7.87. The van der Waals surface area contributed by atoms with Crippen molar-refractivity contribution in [3.05, 3.63) is 12.2 Å². The fraction of sp³-hybridized carbons (Fsp3) is 0.824. The Balaban J connectivity index is 2.98. The van der Waals surface area contributed by atoms with Crippen LogP contribution in [-0.2, 0) is 4.79 Å². The second-order valence-corrected chi connectivity index (χ2v) is 5.72. The SMILES string of the molecule is CC(C)CCCCCCCCCCCC=CC=O. The van der Waals surface area contributed by atoms with Gasteiger partial charge in [0.2, 0.25) is 0 Å². The van der Waals surface area contributed by atoms with Gasteiger partial charge in [-0.15, -0.1) is 0 Å². The van der Waals surface area contributed by atoms with Crippen LogP contribution in [0.5, 0.6) is 0 Å². The highest BCUT2D eigenvalue weighted by molar-refractivity contribution is 5.64. The van der Waals surface area contributed by atoms with Crippen LogP contribution in [-0.4, -0.2) is 6.29 Å². The van der Waals surface area contributed by atoms with Gasteiger partial charge in [-0.05, 0) is 24.8 Å². The molecule has 18 heavy (non-hydrogen) atoms. The summed E-state index contributed by atoms with van der Waals surface area (Å²) in [5.41, 5.74) is 0. The highest BCUT2D eigenvalue weighted by Crippen LogP contribution is 2.13. The molecule has 0 aliphatic rings. The van der Waals surface area contributed by atoms with Crippen LogP contribution in [0.4, 0.5) is 0 Å². The molecule has 0 aromatic rings. The van der Waals surface area contributed by atoms with Crippen molar-refractivity contribution in [2.45, 2.75) is 84.5 Å². The van der Waals surface area contributed by atoms with E-state index in [-0.39, 0.29) is 0 Å². The van der Waals surface area contributed by atoms with Crippen molar-refractivity contribution in [1.82, 2.24) is 0 Å². The molecule has 0 unspecified atom stereocenters. The number of allylic oxidation sites excluding steroid dienone is 2.